The summed E-state index contributed by atoms with van der Waals surface area (Å²) in [7, 11) is 0. The third-order valence-electron chi connectivity index (χ3n) is 4.06. The van der Waals surface area contributed by atoms with Crippen LogP contribution in [0, 0.1) is 25.5 Å². The Morgan fingerprint density at radius 3 is 2.11 bits per heavy atom. The number of nitrogens with zero attached hydrogens (tertiary/aromatic N) is 1. The molecule has 0 radical (unpaired) electrons. The highest BCUT2D eigenvalue weighted by Crippen LogP contribution is 2.18. The van der Waals surface area contributed by atoms with Gasteiger partial charge >= 0.3 is 0 Å². The number of aryl methyl sites for hydroxylation is 2. The van der Waals surface area contributed by atoms with Gasteiger partial charge in [0.05, 0.1) is 13.1 Å². The van der Waals surface area contributed by atoms with Crippen LogP contribution in [0.2, 0.25) is 0 Å². The molecule has 0 spiro atoms. The smallest absolute Gasteiger partial charge is 0.238 e. The largest absolute Gasteiger partial charge is 0.325 e. The molecule has 2 aromatic rings. The molecule has 0 saturated carbocycles. The summed E-state index contributed by atoms with van der Waals surface area (Å²) in [5, 5.41) is 5.03. The van der Waals surface area contributed by atoms with Crippen molar-refractivity contribution in [2.24, 2.45) is 0 Å². The van der Waals surface area contributed by atoms with Crippen molar-refractivity contribution in [3.05, 3.63) is 59.2 Å². The minimum Gasteiger partial charge on any atom is -0.325 e. The highest BCUT2D eigenvalue weighted by molar-refractivity contribution is 5.95. The number of carbonyl (C=O) groups is 2. The lowest BCUT2D eigenvalue weighted by molar-refractivity contribution is -0.120. The van der Waals surface area contributed by atoms with E-state index in [9.17, 15) is 18.4 Å². The van der Waals surface area contributed by atoms with E-state index in [2.05, 4.69) is 10.6 Å². The molecule has 0 aliphatic rings. The van der Waals surface area contributed by atoms with E-state index >= 15 is 0 Å². The molecule has 0 aromatic heterocycles. The van der Waals surface area contributed by atoms with Crippen molar-refractivity contribution in [1.82, 2.24) is 4.90 Å². The maximum Gasteiger partial charge on any atom is 0.238 e. The second-order valence-corrected chi connectivity index (χ2v) is 6.31. The maximum absolute atomic E-state index is 13.6. The summed E-state index contributed by atoms with van der Waals surface area (Å²) in [6, 6.07) is 9.03. The zero-order chi connectivity index (χ0) is 20.0. The van der Waals surface area contributed by atoms with E-state index in [1.807, 2.05) is 32.0 Å². The van der Waals surface area contributed by atoms with Gasteiger partial charge in [-0.1, -0.05) is 30.7 Å². The van der Waals surface area contributed by atoms with Gasteiger partial charge in [-0.05, 0) is 44.2 Å². The molecular weight excluding hydrogens is 352 g/mol. The van der Waals surface area contributed by atoms with Crippen molar-refractivity contribution in [1.29, 1.82) is 0 Å². The molecular formula is C20H23F2N3O2. The number of rotatable bonds is 7. The highest BCUT2D eigenvalue weighted by Gasteiger charge is 2.16. The van der Waals surface area contributed by atoms with Gasteiger partial charge in [0.2, 0.25) is 11.8 Å². The van der Waals surface area contributed by atoms with Gasteiger partial charge in [0.25, 0.3) is 0 Å². The van der Waals surface area contributed by atoms with Crippen molar-refractivity contribution in [3.8, 4) is 0 Å². The second kappa shape index (κ2) is 9.23. The number of hydrogen-bond donors (Lipinski definition) is 2. The fourth-order valence-corrected chi connectivity index (χ4v) is 2.63. The molecule has 2 amide bonds. The first-order valence-electron chi connectivity index (χ1n) is 8.63. The third-order valence-corrected chi connectivity index (χ3v) is 4.06. The third kappa shape index (κ3) is 5.86. The Balaban J connectivity index is 1.94. The van der Waals surface area contributed by atoms with E-state index in [0.29, 0.717) is 12.2 Å². The molecule has 0 aliphatic heterocycles. The number of likely N-dealkylation sites (N-methyl/N-ethyl adjacent to an activating group) is 1. The van der Waals surface area contributed by atoms with Crippen LogP contribution < -0.4 is 10.6 Å². The zero-order valence-corrected chi connectivity index (χ0v) is 15.6. The Kier molecular flexibility index (Phi) is 7.01. The average Bonchev–Trinajstić information content (AvgIpc) is 2.60. The summed E-state index contributed by atoms with van der Waals surface area (Å²) >= 11 is 0. The minimum atomic E-state index is -0.848. The van der Waals surface area contributed by atoms with Gasteiger partial charge in [-0.15, -0.1) is 0 Å². The summed E-state index contributed by atoms with van der Waals surface area (Å²) in [4.78, 5) is 25.9. The van der Waals surface area contributed by atoms with E-state index in [0.717, 1.165) is 23.3 Å². The molecule has 2 rings (SSSR count). The van der Waals surface area contributed by atoms with E-state index in [4.69, 9.17) is 0 Å². The van der Waals surface area contributed by atoms with Crippen LogP contribution >= 0.6 is 0 Å². The van der Waals surface area contributed by atoms with Crippen LogP contribution in [0.5, 0.6) is 0 Å². The summed E-state index contributed by atoms with van der Waals surface area (Å²) in [5.74, 6) is -2.56. The quantitative estimate of drug-likeness (QED) is 0.779. The van der Waals surface area contributed by atoms with Crippen molar-refractivity contribution < 1.29 is 18.4 Å². The fraction of sp³-hybridized carbons (Fsp3) is 0.300. The van der Waals surface area contributed by atoms with Crippen LogP contribution in [0.4, 0.5) is 20.2 Å². The number of benzene rings is 2. The maximum atomic E-state index is 13.6. The topological polar surface area (TPSA) is 61.4 Å². The van der Waals surface area contributed by atoms with Gasteiger partial charge in [0.1, 0.15) is 17.3 Å². The molecule has 0 aliphatic carbocycles. The molecule has 0 heterocycles. The van der Waals surface area contributed by atoms with Crippen LogP contribution in [0.1, 0.15) is 18.1 Å². The second-order valence-electron chi connectivity index (χ2n) is 6.31. The molecule has 0 bridgehead atoms. The zero-order valence-electron chi connectivity index (χ0n) is 15.6. The summed E-state index contributed by atoms with van der Waals surface area (Å²) in [6.45, 7) is 5.90. The Morgan fingerprint density at radius 1 is 0.963 bits per heavy atom. The predicted molar refractivity (Wildman–Crippen MR) is 102 cm³/mol. The standard InChI is InChI=1S/C20H23F2N3O2/c1-4-25(11-18(26)23-17-9-8-13(2)10-14(17)3)12-19(27)24-20-15(21)6-5-7-16(20)22/h5-10H,4,11-12H2,1-3H3,(H,23,26)(H,24,27). The lowest BCUT2D eigenvalue weighted by Crippen LogP contribution is -2.39. The molecule has 27 heavy (non-hydrogen) atoms. The van der Waals surface area contributed by atoms with Crippen molar-refractivity contribution in [3.63, 3.8) is 0 Å². The van der Waals surface area contributed by atoms with E-state index < -0.39 is 23.2 Å². The Hall–Kier alpha value is -2.80. The van der Waals surface area contributed by atoms with Gasteiger partial charge in [0, 0.05) is 5.69 Å². The molecule has 0 fully saturated rings. The van der Waals surface area contributed by atoms with Crippen LogP contribution in [0.25, 0.3) is 0 Å². The molecule has 2 N–H and O–H groups in total. The van der Waals surface area contributed by atoms with E-state index in [-0.39, 0.29) is 19.0 Å². The van der Waals surface area contributed by atoms with Crippen LogP contribution in [0.3, 0.4) is 0 Å². The molecule has 0 unspecified atom stereocenters. The minimum absolute atomic E-state index is 0.0169. The Labute approximate surface area is 157 Å². The summed E-state index contributed by atoms with van der Waals surface area (Å²) in [5.41, 5.74) is 2.26. The van der Waals surface area contributed by atoms with Gasteiger partial charge in [-0.3, -0.25) is 14.5 Å². The first kappa shape index (κ1) is 20.5. The van der Waals surface area contributed by atoms with Crippen molar-refractivity contribution in [2.45, 2.75) is 20.8 Å². The molecule has 0 saturated heterocycles. The van der Waals surface area contributed by atoms with E-state index in [1.165, 1.54) is 6.07 Å². The first-order valence-corrected chi connectivity index (χ1v) is 8.63. The first-order chi connectivity index (χ1) is 12.8. The highest BCUT2D eigenvalue weighted by atomic mass is 19.1. The number of hydrogen-bond acceptors (Lipinski definition) is 3. The van der Waals surface area contributed by atoms with Crippen LogP contribution in [0.15, 0.2) is 36.4 Å². The van der Waals surface area contributed by atoms with Crippen molar-refractivity contribution >= 4 is 23.2 Å². The number of halogens is 2. The molecule has 0 atom stereocenters. The molecule has 144 valence electrons. The average molecular weight is 375 g/mol. The van der Waals surface area contributed by atoms with Crippen LogP contribution in [-0.2, 0) is 9.59 Å². The number of nitrogens with one attached hydrogen (secondary N) is 2. The fourth-order valence-electron chi connectivity index (χ4n) is 2.63. The number of anilines is 2. The predicted octanol–water partition coefficient (Wildman–Crippen LogP) is 3.48. The normalized spacial score (nSPS) is 10.7. The number of carbonyl (C=O) groups excluding carboxylic acids is 2. The Bertz CT molecular complexity index is 820. The lowest BCUT2D eigenvalue weighted by Gasteiger charge is -2.20. The van der Waals surface area contributed by atoms with E-state index in [1.54, 1.807) is 11.8 Å². The SMILES string of the molecule is CCN(CC(=O)Nc1ccc(C)cc1C)CC(=O)Nc1c(F)cccc1F. The molecule has 7 heteroatoms. The molecule has 2 aromatic carbocycles. The number of amides is 2. The van der Waals surface area contributed by atoms with Crippen LogP contribution in [-0.4, -0.2) is 36.3 Å². The lowest BCUT2D eigenvalue weighted by atomic mass is 10.1. The van der Waals surface area contributed by atoms with Gasteiger partial charge < -0.3 is 10.6 Å². The van der Waals surface area contributed by atoms with Crippen molar-refractivity contribution in [2.75, 3.05) is 30.3 Å². The Morgan fingerprint density at radius 2 is 1.56 bits per heavy atom. The van der Waals surface area contributed by atoms with Gasteiger partial charge in [-0.25, -0.2) is 8.78 Å². The molecule has 5 nitrogen and oxygen atoms in total. The summed E-state index contributed by atoms with van der Waals surface area (Å²) < 4.78 is 27.2. The van der Waals surface area contributed by atoms with Gasteiger partial charge in [0.15, 0.2) is 0 Å². The monoisotopic (exact) mass is 375 g/mol. The summed E-state index contributed by atoms with van der Waals surface area (Å²) in [6.07, 6.45) is 0. The number of para-hydroxylation sites is 1. The van der Waals surface area contributed by atoms with Gasteiger partial charge in [-0.2, -0.15) is 0 Å².